The molecule has 90 valence electrons. The SMILES string of the molecule is O=c1oc2ccc(Cl)cc2c(-c2cccs2)c1Cl. The summed E-state index contributed by atoms with van der Waals surface area (Å²) < 4.78 is 5.14. The predicted octanol–water partition coefficient (Wildman–Crippen LogP) is 4.83. The van der Waals surface area contributed by atoms with Crippen molar-refractivity contribution < 1.29 is 4.42 Å². The fourth-order valence-corrected chi connectivity index (χ4v) is 3.07. The zero-order chi connectivity index (χ0) is 12.7. The maximum Gasteiger partial charge on any atom is 0.355 e. The highest BCUT2D eigenvalue weighted by molar-refractivity contribution is 7.13. The number of hydrogen-bond donors (Lipinski definition) is 0. The van der Waals surface area contributed by atoms with Crippen molar-refractivity contribution in [3.63, 3.8) is 0 Å². The zero-order valence-corrected chi connectivity index (χ0v) is 11.3. The van der Waals surface area contributed by atoms with Crippen LogP contribution in [-0.4, -0.2) is 0 Å². The molecular formula is C13H6Cl2O2S. The Morgan fingerprint density at radius 3 is 2.72 bits per heavy atom. The number of rotatable bonds is 1. The van der Waals surface area contributed by atoms with Crippen molar-refractivity contribution >= 4 is 45.5 Å². The van der Waals surface area contributed by atoms with Gasteiger partial charge in [0.1, 0.15) is 10.6 Å². The molecular weight excluding hydrogens is 291 g/mol. The van der Waals surface area contributed by atoms with Crippen LogP contribution in [-0.2, 0) is 0 Å². The Morgan fingerprint density at radius 1 is 1.17 bits per heavy atom. The molecule has 2 heterocycles. The van der Waals surface area contributed by atoms with Gasteiger partial charge in [0, 0.05) is 20.8 Å². The first-order valence-electron chi connectivity index (χ1n) is 5.12. The van der Waals surface area contributed by atoms with Crippen LogP contribution >= 0.6 is 34.5 Å². The Morgan fingerprint density at radius 2 is 2.00 bits per heavy atom. The molecule has 0 amide bonds. The number of fused-ring (bicyclic) bond motifs is 1. The third-order valence-electron chi connectivity index (χ3n) is 2.58. The minimum atomic E-state index is -0.533. The van der Waals surface area contributed by atoms with E-state index in [4.69, 9.17) is 27.6 Å². The molecule has 0 spiro atoms. The van der Waals surface area contributed by atoms with Gasteiger partial charge in [0.15, 0.2) is 0 Å². The monoisotopic (exact) mass is 296 g/mol. The average Bonchev–Trinajstić information content (AvgIpc) is 2.85. The molecule has 0 saturated heterocycles. The van der Waals surface area contributed by atoms with Crippen LogP contribution in [0.15, 0.2) is 44.9 Å². The average molecular weight is 297 g/mol. The number of thiophene rings is 1. The highest BCUT2D eigenvalue weighted by Gasteiger charge is 2.15. The molecule has 1 aromatic carbocycles. The fourth-order valence-electron chi connectivity index (χ4n) is 1.81. The molecule has 0 bridgehead atoms. The Labute approximate surface area is 116 Å². The van der Waals surface area contributed by atoms with E-state index in [0.29, 0.717) is 16.2 Å². The maximum absolute atomic E-state index is 11.7. The second kappa shape index (κ2) is 4.43. The quantitative estimate of drug-likeness (QED) is 0.602. The lowest BCUT2D eigenvalue weighted by Crippen LogP contribution is -2.01. The minimum Gasteiger partial charge on any atom is -0.422 e. The van der Waals surface area contributed by atoms with E-state index >= 15 is 0 Å². The molecule has 0 saturated carbocycles. The van der Waals surface area contributed by atoms with Crippen LogP contribution < -0.4 is 5.63 Å². The molecule has 18 heavy (non-hydrogen) atoms. The van der Waals surface area contributed by atoms with E-state index in [-0.39, 0.29) is 5.02 Å². The van der Waals surface area contributed by atoms with Crippen LogP contribution in [0.1, 0.15) is 0 Å². The number of benzene rings is 1. The molecule has 3 aromatic rings. The third-order valence-corrected chi connectivity index (χ3v) is 4.05. The van der Waals surface area contributed by atoms with Crippen molar-refractivity contribution in [2.24, 2.45) is 0 Å². The molecule has 3 rings (SSSR count). The first-order valence-corrected chi connectivity index (χ1v) is 6.76. The fraction of sp³-hybridized carbons (Fsp3) is 0. The van der Waals surface area contributed by atoms with Gasteiger partial charge >= 0.3 is 5.63 Å². The molecule has 0 aliphatic rings. The van der Waals surface area contributed by atoms with Crippen LogP contribution in [0.2, 0.25) is 10.0 Å². The van der Waals surface area contributed by atoms with Crippen LogP contribution in [0.5, 0.6) is 0 Å². The summed E-state index contributed by atoms with van der Waals surface area (Å²) in [5.74, 6) is 0. The summed E-state index contributed by atoms with van der Waals surface area (Å²) in [6.45, 7) is 0. The molecule has 0 N–H and O–H groups in total. The summed E-state index contributed by atoms with van der Waals surface area (Å²) in [6, 6.07) is 8.92. The first-order chi connectivity index (χ1) is 8.66. The smallest absolute Gasteiger partial charge is 0.355 e. The van der Waals surface area contributed by atoms with Crippen molar-refractivity contribution in [2.75, 3.05) is 0 Å². The maximum atomic E-state index is 11.7. The highest BCUT2D eigenvalue weighted by Crippen LogP contribution is 2.36. The van der Waals surface area contributed by atoms with Gasteiger partial charge in [-0.15, -0.1) is 11.3 Å². The Bertz CT molecular complexity index is 776. The number of halogens is 2. The second-order valence-electron chi connectivity index (χ2n) is 3.70. The molecule has 5 heteroatoms. The summed E-state index contributed by atoms with van der Waals surface area (Å²) in [7, 11) is 0. The van der Waals surface area contributed by atoms with Crippen LogP contribution in [0.3, 0.4) is 0 Å². The van der Waals surface area contributed by atoms with Crippen molar-refractivity contribution in [3.05, 3.63) is 56.2 Å². The summed E-state index contributed by atoms with van der Waals surface area (Å²) in [5.41, 5.74) is 0.632. The first kappa shape index (κ1) is 11.8. The molecule has 0 atom stereocenters. The second-order valence-corrected chi connectivity index (χ2v) is 5.46. The zero-order valence-electron chi connectivity index (χ0n) is 8.94. The lowest BCUT2D eigenvalue weighted by Gasteiger charge is -2.05. The van der Waals surface area contributed by atoms with Gasteiger partial charge in [-0.05, 0) is 29.6 Å². The van der Waals surface area contributed by atoms with Crippen LogP contribution in [0.4, 0.5) is 0 Å². The van der Waals surface area contributed by atoms with Crippen molar-refractivity contribution in [3.8, 4) is 10.4 Å². The summed E-state index contributed by atoms with van der Waals surface area (Å²) in [5, 5.41) is 3.34. The molecule has 0 unspecified atom stereocenters. The molecule has 0 aliphatic heterocycles. The van der Waals surface area contributed by atoms with E-state index in [0.717, 1.165) is 10.3 Å². The van der Waals surface area contributed by atoms with Crippen molar-refractivity contribution in [1.82, 2.24) is 0 Å². The predicted molar refractivity (Wildman–Crippen MR) is 75.8 cm³/mol. The van der Waals surface area contributed by atoms with E-state index in [1.807, 2.05) is 17.5 Å². The molecule has 0 fully saturated rings. The molecule has 0 aliphatic carbocycles. The normalized spacial score (nSPS) is 11.0. The lowest BCUT2D eigenvalue weighted by molar-refractivity contribution is 0.562. The van der Waals surface area contributed by atoms with E-state index in [9.17, 15) is 4.79 Å². The minimum absolute atomic E-state index is 0.0900. The van der Waals surface area contributed by atoms with Gasteiger partial charge in [0.05, 0.1) is 0 Å². The van der Waals surface area contributed by atoms with Gasteiger partial charge in [0.2, 0.25) is 0 Å². The van der Waals surface area contributed by atoms with Gasteiger partial charge < -0.3 is 4.42 Å². The highest BCUT2D eigenvalue weighted by atomic mass is 35.5. The number of hydrogen-bond acceptors (Lipinski definition) is 3. The van der Waals surface area contributed by atoms with Gasteiger partial charge in [-0.1, -0.05) is 29.3 Å². The van der Waals surface area contributed by atoms with E-state index in [1.165, 1.54) is 11.3 Å². The summed E-state index contributed by atoms with van der Waals surface area (Å²) in [6.07, 6.45) is 0. The van der Waals surface area contributed by atoms with Gasteiger partial charge in [-0.2, -0.15) is 0 Å². The third kappa shape index (κ3) is 1.85. The van der Waals surface area contributed by atoms with Crippen LogP contribution in [0.25, 0.3) is 21.4 Å². The van der Waals surface area contributed by atoms with Gasteiger partial charge in [-0.25, -0.2) is 4.79 Å². The van der Waals surface area contributed by atoms with E-state index in [1.54, 1.807) is 18.2 Å². The molecule has 2 nitrogen and oxygen atoms in total. The van der Waals surface area contributed by atoms with E-state index < -0.39 is 5.63 Å². The Kier molecular flexibility index (Phi) is 2.90. The Balaban J connectivity index is 2.51. The van der Waals surface area contributed by atoms with Crippen molar-refractivity contribution in [2.45, 2.75) is 0 Å². The lowest BCUT2D eigenvalue weighted by atomic mass is 10.1. The molecule has 2 aromatic heterocycles. The summed E-state index contributed by atoms with van der Waals surface area (Å²) in [4.78, 5) is 12.6. The van der Waals surface area contributed by atoms with Crippen LogP contribution in [0, 0.1) is 0 Å². The topological polar surface area (TPSA) is 30.2 Å². The largest absolute Gasteiger partial charge is 0.422 e. The van der Waals surface area contributed by atoms with Gasteiger partial charge in [-0.3, -0.25) is 0 Å². The van der Waals surface area contributed by atoms with E-state index in [2.05, 4.69) is 0 Å². The molecule has 0 radical (unpaired) electrons. The summed E-state index contributed by atoms with van der Waals surface area (Å²) >= 11 is 13.6. The standard InChI is InChI=1S/C13H6Cl2O2S/c14-7-3-4-9-8(6-7)11(10-2-1-5-18-10)12(15)13(16)17-9/h1-6H. The Hall–Kier alpha value is -1.29. The van der Waals surface area contributed by atoms with Crippen molar-refractivity contribution in [1.29, 1.82) is 0 Å². The van der Waals surface area contributed by atoms with Gasteiger partial charge in [0.25, 0.3) is 0 Å².